The molecule has 0 spiro atoms. The molecule has 1 aliphatic rings. The number of quaternary nitrogens is 1. The van der Waals surface area contributed by atoms with E-state index >= 15 is 0 Å². The van der Waals surface area contributed by atoms with Gasteiger partial charge in [-0.15, -0.1) is 0 Å². The van der Waals surface area contributed by atoms with Gasteiger partial charge >= 0.3 is 0 Å². The van der Waals surface area contributed by atoms with Gasteiger partial charge in [0.1, 0.15) is 18.2 Å². The minimum Gasteiger partial charge on any atom is -0.613 e. The second-order valence-corrected chi connectivity index (χ2v) is 3.80. The fraction of sp³-hybridized carbons (Fsp3) is 0.750. The highest BCUT2D eigenvalue weighted by atomic mass is 16.5. The number of ketones is 2. The third-order valence-electron chi connectivity index (χ3n) is 2.60. The Balaban J connectivity index is 2.74. The molecule has 1 rings (SSSR count). The van der Waals surface area contributed by atoms with Gasteiger partial charge in [-0.3, -0.25) is 14.8 Å². The third kappa shape index (κ3) is 2.16. The van der Waals surface area contributed by atoms with E-state index in [1.54, 1.807) is 6.92 Å². The van der Waals surface area contributed by atoms with Crippen LogP contribution in [0.3, 0.4) is 0 Å². The maximum atomic E-state index is 11.5. The molecule has 0 bridgehead atoms. The van der Waals surface area contributed by atoms with Crippen molar-refractivity contribution in [3.05, 3.63) is 5.21 Å². The molecule has 5 N–H and O–H groups in total. The Kier molecular flexibility index (Phi) is 3.33. The highest BCUT2D eigenvalue weighted by Crippen LogP contribution is 2.21. The van der Waals surface area contributed by atoms with Gasteiger partial charge in [0, 0.05) is 6.42 Å². The van der Waals surface area contributed by atoms with Gasteiger partial charge in [0.25, 0.3) is 0 Å². The van der Waals surface area contributed by atoms with Crippen LogP contribution in [0.1, 0.15) is 13.3 Å². The number of Topliss-reactive ketones (excluding diaryl/α,β-unsaturated/α-hetero) is 2. The molecule has 0 amide bonds. The molecule has 0 heterocycles. The minimum atomic E-state index is -0.904. The second-order valence-electron chi connectivity index (χ2n) is 3.80. The Morgan fingerprint density at radius 1 is 1.57 bits per heavy atom. The van der Waals surface area contributed by atoms with Crippen molar-refractivity contribution in [2.24, 2.45) is 23.4 Å². The lowest BCUT2D eigenvalue weighted by Gasteiger charge is -2.30. The van der Waals surface area contributed by atoms with Crippen LogP contribution in [0.4, 0.5) is 0 Å². The summed E-state index contributed by atoms with van der Waals surface area (Å²) in [5, 5.41) is 9.98. The lowest BCUT2D eigenvalue weighted by molar-refractivity contribution is -0.862. The predicted octanol–water partition coefficient (Wildman–Crippen LogP) is -2.64. The summed E-state index contributed by atoms with van der Waals surface area (Å²) in [6.07, 6.45) is 0.255. The van der Waals surface area contributed by atoms with Gasteiger partial charge in [0.15, 0.2) is 5.78 Å². The molecule has 1 fully saturated rings. The van der Waals surface area contributed by atoms with Gasteiger partial charge in [0.05, 0.1) is 6.04 Å². The molecule has 14 heavy (non-hydrogen) atoms. The average molecular weight is 201 g/mol. The van der Waals surface area contributed by atoms with E-state index in [-0.39, 0.29) is 30.4 Å². The zero-order chi connectivity index (χ0) is 10.9. The third-order valence-corrected chi connectivity index (χ3v) is 2.60. The number of carbonyl (C=O) groups is 2. The van der Waals surface area contributed by atoms with Crippen LogP contribution in [0.2, 0.25) is 0 Å². The van der Waals surface area contributed by atoms with Crippen molar-refractivity contribution >= 4 is 11.6 Å². The molecule has 4 atom stereocenters. The summed E-state index contributed by atoms with van der Waals surface area (Å²) in [4.78, 5) is 22.9. The summed E-state index contributed by atoms with van der Waals surface area (Å²) in [5.74, 6) is 3.33. The fourth-order valence-electron chi connectivity index (χ4n) is 1.67. The van der Waals surface area contributed by atoms with Crippen molar-refractivity contribution in [3.63, 3.8) is 0 Å². The molecule has 6 nitrogen and oxygen atoms in total. The molecule has 1 saturated carbocycles. The molecular weight excluding hydrogens is 186 g/mol. The monoisotopic (exact) mass is 201 g/mol. The Labute approximate surface area is 81.8 Å². The standard InChI is InChI=1S/C8H15N3O3/c1-4-2-6(12)5(3-11(10)14)8(13)7(4)9/h4-5,7,11H,2-3,9-10H2,1H3. The highest BCUT2D eigenvalue weighted by molar-refractivity contribution is 6.07. The summed E-state index contributed by atoms with van der Waals surface area (Å²) in [7, 11) is 0. The maximum Gasteiger partial charge on any atom is 0.166 e. The van der Waals surface area contributed by atoms with Gasteiger partial charge in [0.2, 0.25) is 0 Å². The number of rotatable bonds is 2. The van der Waals surface area contributed by atoms with E-state index in [2.05, 4.69) is 0 Å². The van der Waals surface area contributed by atoms with Crippen LogP contribution >= 0.6 is 0 Å². The molecule has 0 aromatic carbocycles. The smallest absolute Gasteiger partial charge is 0.166 e. The van der Waals surface area contributed by atoms with Crippen LogP contribution in [0, 0.1) is 17.0 Å². The van der Waals surface area contributed by atoms with E-state index in [0.717, 1.165) is 0 Å². The zero-order valence-corrected chi connectivity index (χ0v) is 8.03. The van der Waals surface area contributed by atoms with E-state index in [9.17, 15) is 14.8 Å². The molecule has 0 aromatic heterocycles. The molecule has 0 aliphatic heterocycles. The largest absolute Gasteiger partial charge is 0.613 e. The molecule has 0 saturated heterocycles. The first-order chi connectivity index (χ1) is 6.43. The molecule has 0 aromatic rings. The van der Waals surface area contributed by atoms with Gasteiger partial charge in [-0.25, -0.2) is 0 Å². The number of nitrogens with one attached hydrogen (secondary N) is 1. The van der Waals surface area contributed by atoms with Gasteiger partial charge in [-0.05, 0) is 5.92 Å². The van der Waals surface area contributed by atoms with E-state index in [1.807, 2.05) is 0 Å². The number of hydroxylamine groups is 1. The Hall–Kier alpha value is -0.820. The van der Waals surface area contributed by atoms with Crippen molar-refractivity contribution in [1.29, 1.82) is 0 Å². The zero-order valence-electron chi connectivity index (χ0n) is 8.03. The first-order valence-electron chi connectivity index (χ1n) is 4.53. The van der Waals surface area contributed by atoms with Crippen molar-refractivity contribution in [3.8, 4) is 0 Å². The molecule has 1 aliphatic carbocycles. The molecule has 6 heteroatoms. The number of nitrogens with two attached hydrogens (primary N) is 2. The Morgan fingerprint density at radius 2 is 2.14 bits per heavy atom. The van der Waals surface area contributed by atoms with E-state index in [4.69, 9.17) is 11.6 Å². The number of hydrogen-bond acceptors (Lipinski definition) is 5. The Bertz CT molecular complexity index is 254. The minimum absolute atomic E-state index is 0.140. The van der Waals surface area contributed by atoms with Crippen LogP contribution < -0.4 is 16.7 Å². The SMILES string of the molecule is CC1CC(=O)C(C[NH+](N)[O-])C(=O)C1N. The molecule has 4 unspecified atom stereocenters. The van der Waals surface area contributed by atoms with Crippen LogP contribution in [0.5, 0.6) is 0 Å². The maximum absolute atomic E-state index is 11.5. The van der Waals surface area contributed by atoms with Gasteiger partial charge in [-0.1, -0.05) is 6.92 Å². The van der Waals surface area contributed by atoms with Crippen LogP contribution in [0.15, 0.2) is 0 Å². The topological polar surface area (TPSA) is 114 Å². The summed E-state index contributed by atoms with van der Waals surface area (Å²) in [6, 6.07) is -0.642. The molecule has 80 valence electrons. The van der Waals surface area contributed by atoms with Crippen molar-refractivity contribution in [2.45, 2.75) is 19.4 Å². The van der Waals surface area contributed by atoms with Crippen LogP contribution in [0.25, 0.3) is 0 Å². The molecule has 0 radical (unpaired) electrons. The molecular formula is C8H15N3O3. The summed E-state index contributed by atoms with van der Waals surface area (Å²) >= 11 is 0. The number of hydrogen-bond donors (Lipinski definition) is 3. The second kappa shape index (κ2) is 4.14. The number of carbonyl (C=O) groups excluding carboxylic acids is 2. The normalized spacial score (nSPS) is 35.9. The van der Waals surface area contributed by atoms with E-state index in [0.29, 0.717) is 0 Å². The van der Waals surface area contributed by atoms with E-state index < -0.39 is 17.1 Å². The fourth-order valence-corrected chi connectivity index (χ4v) is 1.67. The van der Waals surface area contributed by atoms with Crippen molar-refractivity contribution in [2.75, 3.05) is 6.54 Å². The van der Waals surface area contributed by atoms with Gasteiger partial charge < -0.3 is 10.9 Å². The lowest BCUT2D eigenvalue weighted by Crippen LogP contribution is -3.14. The first-order valence-corrected chi connectivity index (χ1v) is 4.53. The van der Waals surface area contributed by atoms with Crippen molar-refractivity contribution in [1.82, 2.24) is 0 Å². The van der Waals surface area contributed by atoms with Gasteiger partial charge in [-0.2, -0.15) is 5.84 Å². The van der Waals surface area contributed by atoms with E-state index in [1.165, 1.54) is 0 Å². The lowest BCUT2D eigenvalue weighted by atomic mass is 9.77. The quantitative estimate of drug-likeness (QED) is 0.257. The summed E-state index contributed by atoms with van der Waals surface area (Å²) in [6.45, 7) is 1.54. The average Bonchev–Trinajstić information content (AvgIpc) is 2.09. The summed E-state index contributed by atoms with van der Waals surface area (Å²) < 4.78 is 0. The highest BCUT2D eigenvalue weighted by Gasteiger charge is 2.40. The summed E-state index contributed by atoms with van der Waals surface area (Å²) in [5.41, 5.74) is 5.60. The first kappa shape index (κ1) is 11.3. The Morgan fingerprint density at radius 3 is 2.64 bits per heavy atom. The van der Waals surface area contributed by atoms with Crippen LogP contribution in [-0.2, 0) is 9.59 Å². The van der Waals surface area contributed by atoms with Crippen LogP contribution in [-0.4, -0.2) is 24.2 Å². The van der Waals surface area contributed by atoms with Crippen molar-refractivity contribution < 1.29 is 14.8 Å². The predicted molar refractivity (Wildman–Crippen MR) is 48.6 cm³/mol.